The van der Waals surface area contributed by atoms with Gasteiger partial charge in [0.25, 0.3) is 0 Å². The van der Waals surface area contributed by atoms with E-state index in [4.69, 9.17) is 0 Å². The van der Waals surface area contributed by atoms with Crippen LogP contribution in [0.2, 0.25) is 0 Å². The SMILES string of the molecule is Cn1nccc1CCC(CBr)(CBr)Cc1ccccc1. The van der Waals surface area contributed by atoms with E-state index in [2.05, 4.69) is 73.4 Å². The monoisotopic (exact) mass is 398 g/mol. The highest BCUT2D eigenvalue weighted by atomic mass is 79.9. The molecule has 2 rings (SSSR count). The molecular formula is C16H20Br2N2. The van der Waals surface area contributed by atoms with Gasteiger partial charge in [-0.15, -0.1) is 0 Å². The van der Waals surface area contributed by atoms with Crippen molar-refractivity contribution < 1.29 is 0 Å². The third kappa shape index (κ3) is 3.95. The van der Waals surface area contributed by atoms with Crippen LogP contribution in [0, 0.1) is 5.41 Å². The molecule has 0 fully saturated rings. The first-order chi connectivity index (χ1) is 9.69. The second-order valence-corrected chi connectivity index (χ2v) is 6.50. The third-order valence-corrected chi connectivity index (χ3v) is 6.20. The molecule has 0 spiro atoms. The van der Waals surface area contributed by atoms with E-state index in [0.717, 1.165) is 29.9 Å². The summed E-state index contributed by atoms with van der Waals surface area (Å²) in [6.45, 7) is 0. The lowest BCUT2D eigenvalue weighted by Crippen LogP contribution is -2.28. The number of hydrogen-bond donors (Lipinski definition) is 0. The average Bonchev–Trinajstić information content (AvgIpc) is 2.90. The maximum absolute atomic E-state index is 4.25. The Kier molecular flexibility index (Phi) is 5.85. The maximum atomic E-state index is 4.25. The molecule has 2 aromatic rings. The Hall–Kier alpha value is -0.610. The molecule has 0 aliphatic rings. The second kappa shape index (κ2) is 7.41. The number of aryl methyl sites for hydroxylation is 2. The van der Waals surface area contributed by atoms with E-state index >= 15 is 0 Å². The lowest BCUT2D eigenvalue weighted by Gasteiger charge is -2.30. The number of hydrogen-bond acceptors (Lipinski definition) is 1. The number of aromatic nitrogens is 2. The molecule has 0 N–H and O–H groups in total. The van der Waals surface area contributed by atoms with Gasteiger partial charge in [0.2, 0.25) is 0 Å². The molecular weight excluding hydrogens is 380 g/mol. The van der Waals surface area contributed by atoms with Crippen LogP contribution < -0.4 is 0 Å². The van der Waals surface area contributed by atoms with E-state index in [1.54, 1.807) is 0 Å². The Morgan fingerprint density at radius 2 is 1.80 bits per heavy atom. The number of halogens is 2. The van der Waals surface area contributed by atoms with Crippen molar-refractivity contribution in [1.82, 2.24) is 9.78 Å². The molecule has 0 amide bonds. The van der Waals surface area contributed by atoms with Crippen LogP contribution in [0.15, 0.2) is 42.6 Å². The second-order valence-electron chi connectivity index (χ2n) is 5.38. The van der Waals surface area contributed by atoms with Crippen molar-refractivity contribution in [1.29, 1.82) is 0 Å². The van der Waals surface area contributed by atoms with Crippen LogP contribution in [-0.4, -0.2) is 20.4 Å². The van der Waals surface area contributed by atoms with Gasteiger partial charge < -0.3 is 0 Å². The van der Waals surface area contributed by atoms with Crippen molar-refractivity contribution in [2.24, 2.45) is 12.5 Å². The van der Waals surface area contributed by atoms with Crippen LogP contribution in [-0.2, 0) is 19.9 Å². The standard InChI is InChI=1S/C16H20Br2N2/c1-20-15(8-10-19-20)7-9-16(12-17,13-18)11-14-5-3-2-4-6-14/h2-6,8,10H,7,9,11-13H2,1H3. The number of benzene rings is 1. The topological polar surface area (TPSA) is 17.8 Å². The molecule has 20 heavy (non-hydrogen) atoms. The molecule has 1 aromatic heterocycles. The maximum Gasteiger partial charge on any atom is 0.0492 e. The van der Waals surface area contributed by atoms with E-state index in [1.165, 1.54) is 11.3 Å². The molecule has 1 aromatic carbocycles. The van der Waals surface area contributed by atoms with Crippen LogP contribution >= 0.6 is 31.9 Å². The quantitative estimate of drug-likeness (QED) is 0.632. The van der Waals surface area contributed by atoms with Crippen molar-refractivity contribution in [3.8, 4) is 0 Å². The summed E-state index contributed by atoms with van der Waals surface area (Å²) >= 11 is 7.44. The molecule has 0 bridgehead atoms. The minimum absolute atomic E-state index is 0.242. The Labute approximate surface area is 137 Å². The summed E-state index contributed by atoms with van der Waals surface area (Å²) < 4.78 is 1.97. The van der Waals surface area contributed by atoms with Crippen LogP contribution in [0.4, 0.5) is 0 Å². The van der Waals surface area contributed by atoms with Crippen LogP contribution in [0.25, 0.3) is 0 Å². The summed E-state index contributed by atoms with van der Waals surface area (Å²) in [7, 11) is 2.01. The van der Waals surface area contributed by atoms with Gasteiger partial charge in [0.05, 0.1) is 0 Å². The number of rotatable bonds is 7. The summed E-state index contributed by atoms with van der Waals surface area (Å²) in [5, 5.41) is 6.24. The first-order valence-electron chi connectivity index (χ1n) is 6.82. The van der Waals surface area contributed by atoms with Gasteiger partial charge in [-0.3, -0.25) is 4.68 Å². The highest BCUT2D eigenvalue weighted by Gasteiger charge is 2.28. The average molecular weight is 400 g/mol. The Balaban J connectivity index is 2.07. The smallest absolute Gasteiger partial charge is 0.0492 e. The molecule has 0 saturated carbocycles. The van der Waals surface area contributed by atoms with Crippen molar-refractivity contribution in [2.45, 2.75) is 19.3 Å². The van der Waals surface area contributed by atoms with E-state index in [-0.39, 0.29) is 5.41 Å². The molecule has 0 unspecified atom stereocenters. The summed E-state index contributed by atoms with van der Waals surface area (Å²) in [5.41, 5.74) is 2.94. The van der Waals surface area contributed by atoms with Gasteiger partial charge in [-0.2, -0.15) is 5.10 Å². The van der Waals surface area contributed by atoms with Crippen molar-refractivity contribution in [3.05, 3.63) is 53.9 Å². The molecule has 4 heteroatoms. The summed E-state index contributed by atoms with van der Waals surface area (Å²) in [6, 6.07) is 12.8. The van der Waals surface area contributed by atoms with Crippen molar-refractivity contribution in [2.75, 3.05) is 10.7 Å². The van der Waals surface area contributed by atoms with Gasteiger partial charge in [-0.25, -0.2) is 0 Å². The largest absolute Gasteiger partial charge is 0.273 e. The zero-order valence-corrected chi connectivity index (χ0v) is 14.9. The normalized spacial score (nSPS) is 11.8. The molecule has 0 saturated heterocycles. The van der Waals surface area contributed by atoms with Gasteiger partial charge >= 0.3 is 0 Å². The molecule has 2 nitrogen and oxygen atoms in total. The van der Waals surface area contributed by atoms with Crippen LogP contribution in [0.5, 0.6) is 0 Å². The Bertz CT molecular complexity index is 518. The molecule has 0 atom stereocenters. The Morgan fingerprint density at radius 1 is 1.10 bits per heavy atom. The minimum atomic E-state index is 0.242. The highest BCUT2D eigenvalue weighted by Crippen LogP contribution is 2.33. The number of nitrogens with zero attached hydrogens (tertiary/aromatic N) is 2. The first-order valence-corrected chi connectivity index (χ1v) is 9.06. The summed E-state index contributed by atoms with van der Waals surface area (Å²) in [4.78, 5) is 0. The van der Waals surface area contributed by atoms with Crippen molar-refractivity contribution in [3.63, 3.8) is 0 Å². The van der Waals surface area contributed by atoms with Gasteiger partial charge in [-0.05, 0) is 36.3 Å². The summed E-state index contributed by atoms with van der Waals surface area (Å²) in [5.74, 6) is 0. The van der Waals surface area contributed by atoms with Crippen LogP contribution in [0.3, 0.4) is 0 Å². The minimum Gasteiger partial charge on any atom is -0.273 e. The predicted octanol–water partition coefficient (Wildman–Crippen LogP) is 4.37. The van der Waals surface area contributed by atoms with E-state index in [9.17, 15) is 0 Å². The third-order valence-electron chi connectivity index (χ3n) is 3.82. The molecule has 0 aliphatic heterocycles. The van der Waals surface area contributed by atoms with Crippen LogP contribution in [0.1, 0.15) is 17.7 Å². The van der Waals surface area contributed by atoms with E-state index in [1.807, 2.05) is 17.9 Å². The van der Waals surface area contributed by atoms with Gasteiger partial charge in [0, 0.05) is 29.6 Å². The van der Waals surface area contributed by atoms with Crippen molar-refractivity contribution >= 4 is 31.9 Å². The molecule has 108 valence electrons. The molecule has 0 aliphatic carbocycles. The first kappa shape index (κ1) is 15.8. The van der Waals surface area contributed by atoms with E-state index in [0.29, 0.717) is 0 Å². The summed E-state index contributed by atoms with van der Waals surface area (Å²) in [6.07, 6.45) is 5.15. The zero-order valence-electron chi connectivity index (χ0n) is 11.7. The van der Waals surface area contributed by atoms with Gasteiger partial charge in [-0.1, -0.05) is 62.2 Å². The zero-order chi connectivity index (χ0) is 14.4. The van der Waals surface area contributed by atoms with Gasteiger partial charge in [0.15, 0.2) is 0 Å². The number of alkyl halides is 2. The van der Waals surface area contributed by atoms with E-state index < -0.39 is 0 Å². The fraction of sp³-hybridized carbons (Fsp3) is 0.438. The van der Waals surface area contributed by atoms with Gasteiger partial charge in [0.1, 0.15) is 0 Å². The molecule has 1 heterocycles. The lowest BCUT2D eigenvalue weighted by molar-refractivity contribution is 0.352. The fourth-order valence-electron chi connectivity index (χ4n) is 2.42. The lowest BCUT2D eigenvalue weighted by atomic mass is 9.81. The predicted molar refractivity (Wildman–Crippen MR) is 91.7 cm³/mol. The molecule has 0 radical (unpaired) electrons. The fourth-order valence-corrected chi connectivity index (χ4v) is 4.31. The highest BCUT2D eigenvalue weighted by molar-refractivity contribution is 9.09. The Morgan fingerprint density at radius 3 is 2.35 bits per heavy atom.